The number of hydrogen-bond donors (Lipinski definition) is 1. The van der Waals surface area contributed by atoms with E-state index in [1.807, 2.05) is 0 Å². The van der Waals surface area contributed by atoms with E-state index in [0.29, 0.717) is 11.1 Å². The molecule has 72 valence electrons. The topological polar surface area (TPSA) is 97.3 Å². The normalized spacial score (nSPS) is 12.2. The number of nitro benzene ring substituents is 1. The van der Waals surface area contributed by atoms with Crippen LogP contribution in [0.15, 0.2) is 21.8 Å². The molecule has 7 nitrogen and oxygen atoms in total. The fourth-order valence-electron chi connectivity index (χ4n) is 1.21. The highest BCUT2D eigenvalue weighted by atomic mass is 16.6. The molecule has 0 radical (unpaired) electrons. The van der Waals surface area contributed by atoms with E-state index < -0.39 is 4.92 Å². The van der Waals surface area contributed by atoms with Crippen LogP contribution in [0.3, 0.4) is 0 Å². The van der Waals surface area contributed by atoms with Gasteiger partial charge in [0.25, 0.3) is 5.69 Å². The summed E-state index contributed by atoms with van der Waals surface area (Å²) in [7, 11) is 1.58. The van der Waals surface area contributed by atoms with Crippen LogP contribution in [0.4, 0.5) is 5.69 Å². The second kappa shape index (κ2) is 2.95. The molecule has 0 aromatic heterocycles. The van der Waals surface area contributed by atoms with Gasteiger partial charge in [0.2, 0.25) is 0 Å². The fourth-order valence-corrected chi connectivity index (χ4v) is 1.21. The summed E-state index contributed by atoms with van der Waals surface area (Å²) in [5.74, 6) is 0. The lowest BCUT2D eigenvalue weighted by atomic mass is 10.2. The molecule has 1 heterocycles. The Kier molecular flexibility index (Phi) is 1.77. The SMILES string of the molecule is CN=c1ccc([N+](=O)[O-])c2[nH]onc1-2. The van der Waals surface area contributed by atoms with Crippen molar-refractivity contribution in [2.24, 2.45) is 4.99 Å². The molecule has 0 atom stereocenters. The summed E-state index contributed by atoms with van der Waals surface area (Å²) in [6, 6.07) is 2.88. The highest BCUT2D eigenvalue weighted by molar-refractivity contribution is 5.66. The van der Waals surface area contributed by atoms with Crippen LogP contribution in [-0.2, 0) is 0 Å². The van der Waals surface area contributed by atoms with Gasteiger partial charge in [-0.1, -0.05) is 0 Å². The van der Waals surface area contributed by atoms with Crippen LogP contribution in [0, 0.1) is 10.1 Å². The van der Waals surface area contributed by atoms with Crippen molar-refractivity contribution >= 4 is 5.69 Å². The lowest BCUT2D eigenvalue weighted by molar-refractivity contribution is -0.384. The van der Waals surface area contributed by atoms with Crippen molar-refractivity contribution in [3.63, 3.8) is 0 Å². The molecular formula is C7H6N4O3. The van der Waals surface area contributed by atoms with Crippen molar-refractivity contribution in [1.82, 2.24) is 10.3 Å². The number of hydrogen-bond acceptors (Lipinski definition) is 5. The maximum absolute atomic E-state index is 10.6. The van der Waals surface area contributed by atoms with Gasteiger partial charge in [0.1, 0.15) is 0 Å². The molecule has 0 saturated heterocycles. The average Bonchev–Trinajstić information content (AvgIpc) is 2.64. The maximum atomic E-state index is 10.6. The number of aromatic amines is 1. The number of H-pyrrole nitrogens is 1. The van der Waals surface area contributed by atoms with E-state index in [4.69, 9.17) is 0 Å². The zero-order valence-electron chi connectivity index (χ0n) is 7.22. The second-order valence-corrected chi connectivity index (χ2v) is 2.59. The Morgan fingerprint density at radius 2 is 2.43 bits per heavy atom. The summed E-state index contributed by atoms with van der Waals surface area (Å²) in [6.07, 6.45) is 0. The van der Waals surface area contributed by atoms with Crippen molar-refractivity contribution in [3.05, 3.63) is 27.6 Å². The third kappa shape index (κ3) is 1.06. The first-order chi connectivity index (χ1) is 6.74. The van der Waals surface area contributed by atoms with E-state index in [-0.39, 0.29) is 11.4 Å². The van der Waals surface area contributed by atoms with Gasteiger partial charge in [0.15, 0.2) is 11.4 Å². The molecule has 0 bridgehead atoms. The zero-order valence-corrected chi connectivity index (χ0v) is 7.22. The van der Waals surface area contributed by atoms with Crippen LogP contribution >= 0.6 is 0 Å². The van der Waals surface area contributed by atoms with E-state index in [2.05, 4.69) is 19.9 Å². The molecule has 2 rings (SSSR count). The van der Waals surface area contributed by atoms with Gasteiger partial charge in [-0.15, -0.1) is 0 Å². The number of nitro groups is 1. The first-order valence-corrected chi connectivity index (χ1v) is 3.78. The molecule has 0 aromatic rings. The van der Waals surface area contributed by atoms with E-state index in [1.165, 1.54) is 12.1 Å². The first kappa shape index (κ1) is 8.42. The molecule has 0 fully saturated rings. The molecule has 1 aliphatic carbocycles. The minimum atomic E-state index is -0.504. The highest BCUT2D eigenvalue weighted by Gasteiger charge is 2.22. The van der Waals surface area contributed by atoms with Gasteiger partial charge < -0.3 is 0 Å². The Labute approximate surface area is 77.5 Å². The number of aromatic nitrogens is 2. The monoisotopic (exact) mass is 194 g/mol. The third-order valence-electron chi connectivity index (χ3n) is 1.86. The summed E-state index contributed by atoms with van der Waals surface area (Å²) in [4.78, 5) is 14.0. The van der Waals surface area contributed by atoms with Crippen LogP contribution in [0.2, 0.25) is 0 Å². The molecule has 0 saturated carbocycles. The lowest BCUT2D eigenvalue weighted by Crippen LogP contribution is -2.08. The third-order valence-corrected chi connectivity index (χ3v) is 1.86. The van der Waals surface area contributed by atoms with Crippen molar-refractivity contribution in [1.29, 1.82) is 0 Å². The Hall–Kier alpha value is -2.18. The maximum Gasteiger partial charge on any atom is 0.298 e. The molecule has 0 amide bonds. The summed E-state index contributed by atoms with van der Waals surface area (Å²) >= 11 is 0. The van der Waals surface area contributed by atoms with Gasteiger partial charge in [0.05, 0.1) is 10.3 Å². The first-order valence-electron chi connectivity index (χ1n) is 3.78. The molecule has 0 spiro atoms. The number of nitrogens with one attached hydrogen (secondary N) is 1. The summed E-state index contributed by atoms with van der Waals surface area (Å²) in [6.45, 7) is 0. The van der Waals surface area contributed by atoms with E-state index >= 15 is 0 Å². The number of rotatable bonds is 1. The largest absolute Gasteiger partial charge is 0.298 e. The van der Waals surface area contributed by atoms with Crippen molar-refractivity contribution in [2.45, 2.75) is 0 Å². The van der Waals surface area contributed by atoms with Crippen LogP contribution in [-0.4, -0.2) is 22.3 Å². The van der Waals surface area contributed by atoms with Gasteiger partial charge >= 0.3 is 0 Å². The van der Waals surface area contributed by atoms with Gasteiger partial charge in [0, 0.05) is 13.1 Å². The number of fused-ring (bicyclic) bond motifs is 1. The Morgan fingerprint density at radius 1 is 1.64 bits per heavy atom. The predicted octanol–water partition coefficient (Wildman–Crippen LogP) is 0.546. The average molecular weight is 194 g/mol. The van der Waals surface area contributed by atoms with Crippen LogP contribution in [0.25, 0.3) is 11.4 Å². The molecular weight excluding hydrogens is 188 g/mol. The molecule has 0 aromatic carbocycles. The van der Waals surface area contributed by atoms with Crippen LogP contribution in [0.5, 0.6) is 0 Å². The standard InChI is InChI=1S/C7H6N4O3/c1-8-4-2-3-5(11(12)13)7-6(4)9-14-10-7/h2-3,10H,1H3. The van der Waals surface area contributed by atoms with Crippen LogP contribution in [0.1, 0.15) is 0 Å². The summed E-state index contributed by atoms with van der Waals surface area (Å²) in [5.41, 5.74) is 0.536. The van der Waals surface area contributed by atoms with E-state index in [1.54, 1.807) is 7.05 Å². The zero-order chi connectivity index (χ0) is 10.1. The predicted molar refractivity (Wildman–Crippen MR) is 45.6 cm³/mol. The van der Waals surface area contributed by atoms with E-state index in [9.17, 15) is 10.1 Å². The molecule has 14 heavy (non-hydrogen) atoms. The van der Waals surface area contributed by atoms with Crippen molar-refractivity contribution in [3.8, 4) is 11.4 Å². The van der Waals surface area contributed by atoms with Crippen molar-refractivity contribution < 1.29 is 9.55 Å². The van der Waals surface area contributed by atoms with Gasteiger partial charge in [-0.2, -0.15) is 5.16 Å². The van der Waals surface area contributed by atoms with Crippen molar-refractivity contribution in [2.75, 3.05) is 7.05 Å². The molecule has 7 heteroatoms. The quantitative estimate of drug-likeness (QED) is 0.529. The second-order valence-electron chi connectivity index (χ2n) is 2.59. The number of benzene rings is 1. The number of nitrogens with zero attached hydrogens (tertiary/aromatic N) is 3. The molecule has 1 aliphatic heterocycles. The minimum Gasteiger partial charge on any atom is -0.286 e. The summed E-state index contributed by atoms with van der Waals surface area (Å²) in [5, 5.41) is 17.1. The molecule has 1 N–H and O–H groups in total. The Bertz CT molecular complexity index is 512. The Balaban J connectivity index is 2.82. The molecule has 0 unspecified atom stereocenters. The Morgan fingerprint density at radius 3 is 3.07 bits per heavy atom. The molecule has 2 aliphatic rings. The van der Waals surface area contributed by atoms with E-state index in [0.717, 1.165) is 0 Å². The summed E-state index contributed by atoms with van der Waals surface area (Å²) < 4.78 is 4.56. The van der Waals surface area contributed by atoms with Gasteiger partial charge in [-0.3, -0.25) is 19.7 Å². The lowest BCUT2D eigenvalue weighted by Gasteiger charge is -1.95. The van der Waals surface area contributed by atoms with Gasteiger partial charge in [-0.25, -0.2) is 0 Å². The highest BCUT2D eigenvalue weighted by Crippen LogP contribution is 2.24. The van der Waals surface area contributed by atoms with Gasteiger partial charge in [-0.05, 0) is 11.2 Å². The fraction of sp³-hybridized carbons (Fsp3) is 0.143. The smallest absolute Gasteiger partial charge is 0.286 e. The minimum absolute atomic E-state index is 0.0753. The van der Waals surface area contributed by atoms with Crippen LogP contribution < -0.4 is 5.36 Å².